The Hall–Kier alpha value is -1.85. The first kappa shape index (κ1) is 18.9. The smallest absolute Gasteiger partial charge is 0.326 e. The first-order chi connectivity index (χ1) is 12.4. The average molecular weight is 437 g/mol. The van der Waals surface area contributed by atoms with Crippen LogP contribution in [0.15, 0.2) is 46.9 Å². The van der Waals surface area contributed by atoms with Crippen LogP contribution in [-0.2, 0) is 16.0 Å². The van der Waals surface area contributed by atoms with Gasteiger partial charge in [-0.25, -0.2) is 4.79 Å². The molecule has 1 aliphatic rings. The van der Waals surface area contributed by atoms with E-state index < -0.39 is 12.0 Å². The van der Waals surface area contributed by atoms with Gasteiger partial charge in [0.1, 0.15) is 6.04 Å². The van der Waals surface area contributed by atoms with E-state index >= 15 is 0 Å². The van der Waals surface area contributed by atoms with Crippen molar-refractivity contribution in [3.63, 3.8) is 0 Å². The topological polar surface area (TPSA) is 57.6 Å². The van der Waals surface area contributed by atoms with Crippen molar-refractivity contribution in [1.82, 2.24) is 4.90 Å². The summed E-state index contributed by atoms with van der Waals surface area (Å²) in [7, 11) is 0. The van der Waals surface area contributed by atoms with Gasteiger partial charge in [-0.1, -0.05) is 58.7 Å². The summed E-state index contributed by atoms with van der Waals surface area (Å²) in [5.41, 5.74) is 2.87. The van der Waals surface area contributed by atoms with Crippen LogP contribution in [-0.4, -0.2) is 34.5 Å². The van der Waals surface area contributed by atoms with Crippen LogP contribution in [0.25, 0.3) is 0 Å². The molecule has 2 atom stereocenters. The molecule has 1 N–H and O–H groups in total. The average Bonchev–Trinajstić information content (AvgIpc) is 2.73. The molecule has 2 unspecified atom stereocenters. The van der Waals surface area contributed by atoms with Gasteiger partial charge in [-0.2, -0.15) is 0 Å². The molecule has 0 saturated heterocycles. The fourth-order valence-corrected chi connectivity index (χ4v) is 4.31. The van der Waals surface area contributed by atoms with Crippen LogP contribution in [0, 0.1) is 0 Å². The highest BCUT2D eigenvalue weighted by Gasteiger charge is 2.35. The number of benzene rings is 2. The SMILES string of the molecule is CCC(C(=O)O)N1CC(c2ccccc2Br)c2cc(Cl)ccc2CC1=O. The molecular formula is C20H19BrClNO3. The molecule has 2 aromatic carbocycles. The minimum Gasteiger partial charge on any atom is -0.480 e. The number of carboxylic acids is 1. The van der Waals surface area contributed by atoms with E-state index in [4.69, 9.17) is 11.6 Å². The summed E-state index contributed by atoms with van der Waals surface area (Å²) in [5, 5.41) is 10.2. The van der Waals surface area contributed by atoms with Gasteiger partial charge in [-0.05, 0) is 41.3 Å². The van der Waals surface area contributed by atoms with Gasteiger partial charge in [0.15, 0.2) is 0 Å². The summed E-state index contributed by atoms with van der Waals surface area (Å²) in [6, 6.07) is 12.5. The van der Waals surface area contributed by atoms with E-state index in [0.29, 0.717) is 18.0 Å². The molecular weight excluding hydrogens is 418 g/mol. The Kier molecular flexibility index (Phi) is 5.68. The molecule has 0 aliphatic carbocycles. The fraction of sp³-hybridized carbons (Fsp3) is 0.300. The number of aliphatic carboxylic acids is 1. The van der Waals surface area contributed by atoms with Crippen LogP contribution in [0.3, 0.4) is 0 Å². The molecule has 2 aromatic rings. The second-order valence-corrected chi connectivity index (χ2v) is 7.69. The molecule has 0 radical (unpaired) electrons. The third-order valence-corrected chi connectivity index (χ3v) is 5.81. The van der Waals surface area contributed by atoms with E-state index in [9.17, 15) is 14.7 Å². The summed E-state index contributed by atoms with van der Waals surface area (Å²) in [6.45, 7) is 2.09. The van der Waals surface area contributed by atoms with E-state index in [1.54, 1.807) is 13.0 Å². The molecule has 0 fully saturated rings. The molecule has 1 heterocycles. The van der Waals surface area contributed by atoms with Gasteiger partial charge in [0.2, 0.25) is 5.91 Å². The van der Waals surface area contributed by atoms with Crippen molar-refractivity contribution >= 4 is 39.4 Å². The third kappa shape index (κ3) is 3.64. The number of carbonyl (C=O) groups excluding carboxylic acids is 1. The summed E-state index contributed by atoms with van der Waals surface area (Å²) in [5.74, 6) is -1.30. The van der Waals surface area contributed by atoms with Gasteiger partial charge >= 0.3 is 5.97 Å². The zero-order valence-corrected chi connectivity index (χ0v) is 16.6. The standard InChI is InChI=1S/C20H19BrClNO3/c1-2-18(20(25)26)23-11-16(14-5-3-4-6-17(14)21)15-10-13(22)8-7-12(15)9-19(23)24/h3-8,10,16,18H,2,9,11H2,1H3,(H,25,26). The molecule has 1 amide bonds. The normalized spacial score (nSPS) is 18.2. The van der Waals surface area contributed by atoms with Crippen LogP contribution in [0.4, 0.5) is 0 Å². The summed E-state index contributed by atoms with van der Waals surface area (Å²) < 4.78 is 0.925. The zero-order valence-electron chi connectivity index (χ0n) is 14.3. The first-order valence-electron chi connectivity index (χ1n) is 8.47. The van der Waals surface area contributed by atoms with Crippen LogP contribution >= 0.6 is 27.5 Å². The van der Waals surface area contributed by atoms with Crippen LogP contribution in [0.5, 0.6) is 0 Å². The molecule has 0 saturated carbocycles. The van der Waals surface area contributed by atoms with Crippen LogP contribution in [0.2, 0.25) is 5.02 Å². The monoisotopic (exact) mass is 435 g/mol. The molecule has 136 valence electrons. The van der Waals surface area contributed by atoms with Gasteiger partial charge in [-0.15, -0.1) is 0 Å². The van der Waals surface area contributed by atoms with Crippen molar-refractivity contribution < 1.29 is 14.7 Å². The Morgan fingerprint density at radius 2 is 2.04 bits per heavy atom. The lowest BCUT2D eigenvalue weighted by atomic mass is 9.88. The summed E-state index contributed by atoms with van der Waals surface area (Å²) in [4.78, 5) is 26.0. The van der Waals surface area contributed by atoms with Gasteiger partial charge in [0, 0.05) is 22.0 Å². The van der Waals surface area contributed by atoms with Gasteiger partial charge in [0.25, 0.3) is 0 Å². The quantitative estimate of drug-likeness (QED) is 0.768. The van der Waals surface area contributed by atoms with E-state index in [0.717, 1.165) is 21.2 Å². The first-order valence-corrected chi connectivity index (χ1v) is 9.64. The van der Waals surface area contributed by atoms with Crippen molar-refractivity contribution in [2.45, 2.75) is 31.7 Å². The van der Waals surface area contributed by atoms with Crippen molar-refractivity contribution in [3.05, 3.63) is 68.7 Å². The third-order valence-electron chi connectivity index (χ3n) is 4.85. The van der Waals surface area contributed by atoms with Crippen molar-refractivity contribution in [3.8, 4) is 0 Å². The van der Waals surface area contributed by atoms with E-state index in [2.05, 4.69) is 15.9 Å². The number of amides is 1. The lowest BCUT2D eigenvalue weighted by Crippen LogP contribution is -2.46. The maximum absolute atomic E-state index is 12.8. The number of carbonyl (C=O) groups is 2. The Balaban J connectivity index is 2.15. The predicted octanol–water partition coefficient (Wildman–Crippen LogP) is 4.48. The van der Waals surface area contributed by atoms with E-state index in [1.165, 1.54) is 4.90 Å². The maximum Gasteiger partial charge on any atom is 0.326 e. The number of nitrogens with zero attached hydrogens (tertiary/aromatic N) is 1. The molecule has 1 aliphatic heterocycles. The van der Waals surface area contributed by atoms with Crippen LogP contribution in [0.1, 0.15) is 36.0 Å². The number of hydrogen-bond acceptors (Lipinski definition) is 2. The Morgan fingerprint density at radius 3 is 2.69 bits per heavy atom. The van der Waals surface area contributed by atoms with Crippen molar-refractivity contribution in [2.24, 2.45) is 0 Å². The Bertz CT molecular complexity index is 855. The number of halogens is 2. The van der Waals surface area contributed by atoms with Crippen LogP contribution < -0.4 is 0 Å². The highest BCUT2D eigenvalue weighted by atomic mass is 79.9. The fourth-order valence-electron chi connectivity index (χ4n) is 3.57. The number of rotatable bonds is 4. The molecule has 0 bridgehead atoms. The Morgan fingerprint density at radius 1 is 1.31 bits per heavy atom. The Labute approximate surface area is 165 Å². The molecule has 3 rings (SSSR count). The zero-order chi connectivity index (χ0) is 18.8. The molecule has 6 heteroatoms. The minimum absolute atomic E-state index is 0.154. The maximum atomic E-state index is 12.8. The number of hydrogen-bond donors (Lipinski definition) is 1. The van der Waals surface area contributed by atoms with Crippen molar-refractivity contribution in [2.75, 3.05) is 6.54 Å². The van der Waals surface area contributed by atoms with E-state index in [1.807, 2.05) is 36.4 Å². The second-order valence-electron chi connectivity index (χ2n) is 6.40. The van der Waals surface area contributed by atoms with Gasteiger partial charge in [-0.3, -0.25) is 4.79 Å². The largest absolute Gasteiger partial charge is 0.480 e. The lowest BCUT2D eigenvalue weighted by Gasteiger charge is -2.30. The van der Waals surface area contributed by atoms with Gasteiger partial charge < -0.3 is 10.0 Å². The highest BCUT2D eigenvalue weighted by molar-refractivity contribution is 9.10. The lowest BCUT2D eigenvalue weighted by molar-refractivity contribution is -0.150. The highest BCUT2D eigenvalue weighted by Crippen LogP contribution is 2.37. The minimum atomic E-state index is -0.976. The summed E-state index contributed by atoms with van der Waals surface area (Å²) in [6.07, 6.45) is 0.540. The summed E-state index contributed by atoms with van der Waals surface area (Å²) >= 11 is 9.82. The van der Waals surface area contributed by atoms with Gasteiger partial charge in [0.05, 0.1) is 6.42 Å². The molecule has 0 spiro atoms. The second kappa shape index (κ2) is 7.80. The molecule has 0 aromatic heterocycles. The predicted molar refractivity (Wildman–Crippen MR) is 105 cm³/mol. The number of carboxylic acid groups (broad SMARTS) is 1. The molecule has 4 nitrogen and oxygen atoms in total. The molecule has 26 heavy (non-hydrogen) atoms. The van der Waals surface area contributed by atoms with E-state index in [-0.39, 0.29) is 18.2 Å². The van der Waals surface area contributed by atoms with Crippen molar-refractivity contribution in [1.29, 1.82) is 0 Å². The number of fused-ring (bicyclic) bond motifs is 1.